The Hall–Kier alpha value is 0.270. The van der Waals surface area contributed by atoms with Crippen LogP contribution in [0, 0.1) is 0 Å². The smallest absolute Gasteiger partial charge is 0.412 e. The Morgan fingerprint density at radius 1 is 1.20 bits per heavy atom. The summed E-state index contributed by atoms with van der Waals surface area (Å²) in [6.07, 6.45) is 0. The van der Waals surface area contributed by atoms with Gasteiger partial charge in [-0.15, -0.1) is 0 Å². The monoisotopic (exact) mass is 172 g/mol. The van der Waals surface area contributed by atoms with Crippen molar-refractivity contribution in [1.29, 1.82) is 0 Å². The Balaban J connectivity index is 0. The van der Waals surface area contributed by atoms with Crippen LogP contribution in [-0.2, 0) is 9.05 Å². The topological polar surface area (TPSA) is 70.2 Å². The van der Waals surface area contributed by atoms with Gasteiger partial charge in [-0.1, -0.05) is 0 Å². The number of hydrogen-bond donors (Lipinski definition) is 1. The van der Waals surface area contributed by atoms with Crippen LogP contribution in [0.5, 0.6) is 0 Å². The van der Waals surface area contributed by atoms with E-state index in [2.05, 4.69) is 0 Å². The molecule has 0 aromatic heterocycles. The molecule has 0 aliphatic rings. The first-order chi connectivity index (χ1) is 4.12. The fraction of sp³-hybridized carbons (Fsp3) is 1.00. The van der Waals surface area contributed by atoms with Crippen LogP contribution in [-0.4, -0.2) is 30.2 Å². The van der Waals surface area contributed by atoms with Crippen molar-refractivity contribution in [2.45, 2.75) is 13.8 Å². The molecule has 3 N–H and O–H groups in total. The Bertz CT molecular complexity index is 68.0. The zero-order valence-corrected chi connectivity index (χ0v) is 7.68. The van der Waals surface area contributed by atoms with Crippen LogP contribution in [0.3, 0.4) is 0 Å². The summed E-state index contributed by atoms with van der Waals surface area (Å²) in [7, 11) is -2.70. The van der Waals surface area contributed by atoms with Gasteiger partial charge >= 0.3 is 55.6 Å². The van der Waals surface area contributed by atoms with Crippen LogP contribution >= 0.6 is 7.94 Å². The van der Waals surface area contributed by atoms with Crippen LogP contribution in [0.25, 0.3) is 0 Å². The van der Waals surface area contributed by atoms with Crippen LogP contribution in [0.1, 0.15) is 13.8 Å². The molecule has 0 saturated carbocycles. The fourth-order valence-corrected chi connectivity index (χ4v) is 1.73. The van der Waals surface area contributed by atoms with Crippen molar-refractivity contribution in [1.82, 2.24) is 0 Å². The van der Waals surface area contributed by atoms with Gasteiger partial charge in [-0.05, 0) is 0 Å². The predicted octanol–water partition coefficient (Wildman–Crippen LogP) is 0.352. The van der Waals surface area contributed by atoms with Crippen LogP contribution in [0.4, 0.5) is 0 Å². The van der Waals surface area contributed by atoms with Crippen molar-refractivity contribution in [3.8, 4) is 0 Å². The van der Waals surface area contributed by atoms with Gasteiger partial charge < -0.3 is 5.48 Å². The van der Waals surface area contributed by atoms with Crippen molar-refractivity contribution in [2.75, 3.05) is 19.9 Å². The van der Waals surface area contributed by atoms with Crippen LogP contribution in [0.15, 0.2) is 0 Å². The van der Waals surface area contributed by atoms with E-state index in [9.17, 15) is 4.89 Å². The predicted molar refractivity (Wildman–Crippen MR) is 43.3 cm³/mol. The molecule has 0 rings (SSSR count). The second kappa shape index (κ2) is 6.01. The molecule has 0 heterocycles. The minimum atomic E-state index is -2.70. The summed E-state index contributed by atoms with van der Waals surface area (Å²) >= 11 is 0. The first-order valence-electron chi connectivity index (χ1n) is 3.12. The molecule has 0 fully saturated rings. The maximum absolute atomic E-state index is 9.21. The molecule has 0 atom stereocenters. The fourth-order valence-electron chi connectivity index (χ4n) is 0.577. The van der Waals surface area contributed by atoms with E-state index in [1.165, 1.54) is 0 Å². The zero-order valence-electron chi connectivity index (χ0n) is 6.68. The van der Waals surface area contributed by atoms with Gasteiger partial charge in [-0.2, -0.15) is 0 Å². The Morgan fingerprint density at radius 3 is 1.70 bits per heavy atom. The molecule has 0 unspecified atom stereocenters. The Kier molecular flexibility index (Phi) is 7.76. The Morgan fingerprint density at radius 2 is 1.50 bits per heavy atom. The summed E-state index contributed by atoms with van der Waals surface area (Å²) in [5.41, 5.74) is 0. The molecular weight excluding hydrogens is 155 g/mol. The van der Waals surface area contributed by atoms with Gasteiger partial charge in [0.25, 0.3) is 0 Å². The van der Waals surface area contributed by atoms with E-state index >= 15 is 0 Å². The second-order valence-corrected chi connectivity index (χ2v) is 4.14. The third-order valence-electron chi connectivity index (χ3n) is 0.824. The quantitative estimate of drug-likeness (QED) is 0.622. The molecule has 0 bridgehead atoms. The van der Waals surface area contributed by atoms with Gasteiger partial charge in [0.1, 0.15) is 0 Å². The third kappa shape index (κ3) is 6.39. The number of hydrogen-bond acceptors (Lipinski definition) is 3. The van der Waals surface area contributed by atoms with Crippen molar-refractivity contribution >= 4 is 7.94 Å². The molecule has 0 aliphatic carbocycles. The van der Waals surface area contributed by atoms with Crippen molar-refractivity contribution in [3.63, 3.8) is 0 Å². The maximum Gasteiger partial charge on any atom is -0.412 e. The second-order valence-electron chi connectivity index (χ2n) is 1.76. The van der Waals surface area contributed by atoms with E-state index in [1.807, 2.05) is 13.8 Å². The van der Waals surface area contributed by atoms with Crippen LogP contribution < -0.4 is 0 Å². The third-order valence-corrected chi connectivity index (χ3v) is 2.47. The van der Waals surface area contributed by atoms with Crippen molar-refractivity contribution in [2.24, 2.45) is 0 Å². The van der Waals surface area contributed by atoms with Gasteiger partial charge in [0.15, 0.2) is 0 Å². The maximum atomic E-state index is 9.21. The first kappa shape index (κ1) is 12.9. The molecule has 0 spiro atoms. The molecular formula is C5H17O4P. The molecule has 0 amide bonds. The summed E-state index contributed by atoms with van der Waals surface area (Å²) in [5, 5.41) is 0. The van der Waals surface area contributed by atoms with E-state index in [0.717, 1.165) is 0 Å². The first-order valence-corrected chi connectivity index (χ1v) is 5.39. The average molecular weight is 172 g/mol. The number of rotatable bonds is 4. The minimum absolute atomic E-state index is 0. The van der Waals surface area contributed by atoms with Crippen LogP contribution in [0.2, 0.25) is 0 Å². The molecule has 5 heteroatoms. The summed E-state index contributed by atoms with van der Waals surface area (Å²) in [6, 6.07) is 0. The van der Waals surface area contributed by atoms with E-state index < -0.39 is 7.94 Å². The van der Waals surface area contributed by atoms with E-state index in [0.29, 0.717) is 13.2 Å². The largest absolute Gasteiger partial charge is 0.412 e. The normalized spacial score (nSPS) is 12.4. The molecule has 0 radical (unpaired) electrons. The summed E-state index contributed by atoms with van der Waals surface area (Å²) < 4.78 is 9.88. The van der Waals surface area contributed by atoms with Gasteiger partial charge in [-0.25, -0.2) is 0 Å². The van der Waals surface area contributed by atoms with Gasteiger partial charge in [0.2, 0.25) is 0 Å². The summed E-state index contributed by atoms with van der Waals surface area (Å²) in [6.45, 7) is 6.30. The standard InChI is InChI=1S/C5H15O3P.H2O/c1-4-7-9(3,6)8-5-2;/h6,9H,4-5H2,1-3H3;1H2. The van der Waals surface area contributed by atoms with Gasteiger partial charge in [0.05, 0.1) is 0 Å². The molecule has 4 nitrogen and oxygen atoms in total. The molecule has 0 aromatic carbocycles. The summed E-state index contributed by atoms with van der Waals surface area (Å²) in [4.78, 5) is 9.21. The molecule has 66 valence electrons. The van der Waals surface area contributed by atoms with Crippen molar-refractivity contribution < 1.29 is 19.4 Å². The average Bonchev–Trinajstić information content (AvgIpc) is 1.64. The van der Waals surface area contributed by atoms with E-state index in [4.69, 9.17) is 9.05 Å². The van der Waals surface area contributed by atoms with E-state index in [1.54, 1.807) is 6.66 Å². The van der Waals surface area contributed by atoms with E-state index in [-0.39, 0.29) is 5.48 Å². The minimum Gasteiger partial charge on any atom is -0.412 e. The molecule has 10 heavy (non-hydrogen) atoms. The Labute approximate surface area is 62.0 Å². The zero-order chi connectivity index (χ0) is 7.33. The van der Waals surface area contributed by atoms with Gasteiger partial charge in [0, 0.05) is 0 Å². The molecule has 0 aliphatic heterocycles. The summed E-state index contributed by atoms with van der Waals surface area (Å²) in [5.74, 6) is 0. The molecule has 0 aromatic rings. The van der Waals surface area contributed by atoms with Gasteiger partial charge in [-0.3, -0.25) is 0 Å². The van der Waals surface area contributed by atoms with Crippen molar-refractivity contribution in [3.05, 3.63) is 0 Å². The SMILES string of the molecule is CCO[PH](C)(O)OCC.O. The molecule has 0 saturated heterocycles.